The van der Waals surface area contributed by atoms with Crippen LogP contribution in [0.5, 0.6) is 0 Å². The van der Waals surface area contributed by atoms with Crippen LogP contribution in [0, 0.1) is 5.92 Å². The lowest BCUT2D eigenvalue weighted by atomic mass is 9.93. The number of nitrogens with zero attached hydrogens (tertiary/aromatic N) is 3. The average molecular weight is 374 g/mol. The number of carbonyl (C=O) groups excluding carboxylic acids is 2. The largest absolute Gasteiger partial charge is 0.378 e. The van der Waals surface area contributed by atoms with Gasteiger partial charge in [-0.15, -0.1) is 0 Å². The molecule has 0 spiro atoms. The van der Waals surface area contributed by atoms with Gasteiger partial charge in [0.15, 0.2) is 0 Å². The van der Waals surface area contributed by atoms with Crippen molar-refractivity contribution in [2.45, 2.75) is 51.4 Å². The van der Waals surface area contributed by atoms with Crippen LogP contribution >= 0.6 is 0 Å². The first-order chi connectivity index (χ1) is 13.2. The van der Waals surface area contributed by atoms with Gasteiger partial charge in [-0.3, -0.25) is 14.7 Å². The first-order valence-corrected chi connectivity index (χ1v) is 10.4. The quantitative estimate of drug-likeness (QED) is 0.862. The second-order valence-electron chi connectivity index (χ2n) is 7.93. The van der Waals surface area contributed by atoms with Crippen molar-refractivity contribution >= 4 is 11.8 Å². The Morgan fingerprint density at radius 1 is 1.04 bits per heavy atom. The normalized spacial score (nSPS) is 21.2. The van der Waals surface area contributed by atoms with Crippen molar-refractivity contribution in [3.05, 3.63) is 17.0 Å². The zero-order valence-electron chi connectivity index (χ0n) is 16.0. The van der Waals surface area contributed by atoms with Crippen LogP contribution in [0.25, 0.3) is 0 Å². The Bertz CT molecular complexity index is 673. The summed E-state index contributed by atoms with van der Waals surface area (Å²) in [7, 11) is 0. The van der Waals surface area contributed by atoms with Crippen LogP contribution in [0.2, 0.25) is 0 Å². The molecule has 7 nitrogen and oxygen atoms in total. The smallest absolute Gasteiger partial charge is 0.225 e. The second kappa shape index (κ2) is 8.42. The first kappa shape index (κ1) is 18.5. The Morgan fingerprint density at radius 3 is 2.56 bits per heavy atom. The highest BCUT2D eigenvalue weighted by atomic mass is 16.5. The zero-order valence-corrected chi connectivity index (χ0v) is 16.0. The lowest BCUT2D eigenvalue weighted by Gasteiger charge is -2.35. The number of morpholine rings is 1. The summed E-state index contributed by atoms with van der Waals surface area (Å²) in [4.78, 5) is 29.1. The van der Waals surface area contributed by atoms with Gasteiger partial charge >= 0.3 is 0 Å². The molecule has 2 saturated heterocycles. The maximum absolute atomic E-state index is 12.6. The maximum atomic E-state index is 12.6. The molecule has 1 aliphatic carbocycles. The van der Waals surface area contributed by atoms with Crippen LogP contribution in [0.15, 0.2) is 0 Å². The van der Waals surface area contributed by atoms with Crippen molar-refractivity contribution in [1.82, 2.24) is 20.0 Å². The number of carbonyl (C=O) groups is 2. The second-order valence-corrected chi connectivity index (χ2v) is 7.93. The summed E-state index contributed by atoms with van der Waals surface area (Å²) in [5.74, 6) is 0.499. The lowest BCUT2D eigenvalue weighted by molar-refractivity contribution is -0.143. The fraction of sp³-hybridized carbons (Fsp3) is 0.750. The number of hydrogen-bond acceptors (Lipinski definition) is 4. The van der Waals surface area contributed by atoms with Crippen LogP contribution < -0.4 is 0 Å². The van der Waals surface area contributed by atoms with E-state index in [0.29, 0.717) is 45.8 Å². The number of fused-ring (bicyclic) bond motifs is 1. The van der Waals surface area contributed by atoms with Crippen LogP contribution in [0.1, 0.15) is 49.1 Å². The molecule has 1 aromatic rings. The van der Waals surface area contributed by atoms with Gasteiger partial charge in [0.2, 0.25) is 11.8 Å². The van der Waals surface area contributed by atoms with E-state index in [4.69, 9.17) is 4.74 Å². The Kier molecular flexibility index (Phi) is 5.76. The number of ether oxygens (including phenoxy) is 1. The predicted octanol–water partition coefficient (Wildman–Crippen LogP) is 1.32. The molecule has 2 aliphatic heterocycles. The van der Waals surface area contributed by atoms with Gasteiger partial charge in [0.1, 0.15) is 0 Å². The molecule has 3 heterocycles. The molecule has 27 heavy (non-hydrogen) atoms. The molecular weight excluding hydrogens is 344 g/mol. The standard InChI is InChI=1S/C20H30N4O3/c25-19(6-5-18-16-3-1-2-4-17(16)21-22-18)23-9-7-15(8-10-23)20(26)24-11-13-27-14-12-24/h15H,1-14H2,(H,21,22). The van der Waals surface area contributed by atoms with Gasteiger partial charge in [-0.1, -0.05) is 0 Å². The number of H-pyrrole nitrogens is 1. The summed E-state index contributed by atoms with van der Waals surface area (Å²) in [6.45, 7) is 4.06. The molecule has 3 aliphatic rings. The number of hydrogen-bond donors (Lipinski definition) is 1. The van der Waals surface area contributed by atoms with E-state index in [1.165, 1.54) is 24.1 Å². The molecule has 1 N–H and O–H groups in total. The zero-order chi connectivity index (χ0) is 18.6. The van der Waals surface area contributed by atoms with E-state index in [-0.39, 0.29) is 17.7 Å². The van der Waals surface area contributed by atoms with Gasteiger partial charge in [-0.05, 0) is 44.1 Å². The summed E-state index contributed by atoms with van der Waals surface area (Å²) in [6.07, 6.45) is 7.41. The van der Waals surface area contributed by atoms with Crippen LogP contribution in [0.3, 0.4) is 0 Å². The first-order valence-electron chi connectivity index (χ1n) is 10.4. The van der Waals surface area contributed by atoms with E-state index in [0.717, 1.165) is 37.8 Å². The molecule has 0 aromatic carbocycles. The summed E-state index contributed by atoms with van der Waals surface area (Å²) in [6, 6.07) is 0. The third kappa shape index (κ3) is 4.18. The van der Waals surface area contributed by atoms with E-state index in [9.17, 15) is 9.59 Å². The van der Waals surface area contributed by atoms with E-state index in [2.05, 4.69) is 10.2 Å². The Morgan fingerprint density at radius 2 is 1.78 bits per heavy atom. The highest BCUT2D eigenvalue weighted by Crippen LogP contribution is 2.24. The van der Waals surface area contributed by atoms with Gasteiger partial charge in [0.25, 0.3) is 0 Å². The predicted molar refractivity (Wildman–Crippen MR) is 100 cm³/mol. The van der Waals surface area contributed by atoms with E-state index in [1.807, 2.05) is 9.80 Å². The fourth-order valence-corrected chi connectivity index (χ4v) is 4.56. The molecule has 0 bridgehead atoms. The van der Waals surface area contributed by atoms with Gasteiger partial charge < -0.3 is 14.5 Å². The fourth-order valence-electron chi connectivity index (χ4n) is 4.56. The molecular formula is C20H30N4O3. The van der Waals surface area contributed by atoms with Crippen molar-refractivity contribution in [2.24, 2.45) is 5.92 Å². The number of piperidine rings is 1. The molecule has 0 saturated carbocycles. The molecule has 1 aromatic heterocycles. The molecule has 0 unspecified atom stereocenters. The molecule has 2 fully saturated rings. The third-order valence-corrected chi connectivity index (χ3v) is 6.24. The Hall–Kier alpha value is -1.89. The number of likely N-dealkylation sites (tertiary alicyclic amines) is 1. The minimum atomic E-state index is 0.0607. The van der Waals surface area contributed by atoms with Gasteiger partial charge in [-0.2, -0.15) is 5.10 Å². The minimum Gasteiger partial charge on any atom is -0.378 e. The van der Waals surface area contributed by atoms with Crippen molar-refractivity contribution in [2.75, 3.05) is 39.4 Å². The minimum absolute atomic E-state index is 0.0607. The topological polar surface area (TPSA) is 78.5 Å². The van der Waals surface area contributed by atoms with Gasteiger partial charge in [-0.25, -0.2) is 0 Å². The molecule has 148 valence electrons. The monoisotopic (exact) mass is 374 g/mol. The number of amides is 2. The van der Waals surface area contributed by atoms with Crippen molar-refractivity contribution in [1.29, 1.82) is 0 Å². The van der Waals surface area contributed by atoms with E-state index >= 15 is 0 Å². The number of aryl methyl sites for hydroxylation is 2. The number of aromatic amines is 1. The Balaban J connectivity index is 1.24. The van der Waals surface area contributed by atoms with Gasteiger partial charge in [0.05, 0.1) is 18.9 Å². The highest BCUT2D eigenvalue weighted by molar-refractivity contribution is 5.80. The van der Waals surface area contributed by atoms with Crippen LogP contribution in [-0.4, -0.2) is 71.2 Å². The summed E-state index contributed by atoms with van der Waals surface area (Å²) in [5, 5.41) is 7.60. The Labute approximate surface area is 160 Å². The molecule has 4 rings (SSSR count). The van der Waals surface area contributed by atoms with Crippen LogP contribution in [-0.2, 0) is 33.6 Å². The summed E-state index contributed by atoms with van der Waals surface area (Å²) < 4.78 is 5.32. The van der Waals surface area contributed by atoms with Crippen LogP contribution in [0.4, 0.5) is 0 Å². The lowest BCUT2D eigenvalue weighted by Crippen LogP contribution is -2.47. The maximum Gasteiger partial charge on any atom is 0.225 e. The van der Waals surface area contributed by atoms with Crippen molar-refractivity contribution in [3.8, 4) is 0 Å². The molecule has 0 atom stereocenters. The van der Waals surface area contributed by atoms with Crippen molar-refractivity contribution < 1.29 is 14.3 Å². The highest BCUT2D eigenvalue weighted by Gasteiger charge is 2.31. The molecule has 0 radical (unpaired) electrons. The van der Waals surface area contributed by atoms with E-state index in [1.54, 1.807) is 0 Å². The van der Waals surface area contributed by atoms with Crippen molar-refractivity contribution in [3.63, 3.8) is 0 Å². The average Bonchev–Trinajstić information content (AvgIpc) is 3.15. The SMILES string of the molecule is O=C(CCc1n[nH]c2c1CCCC2)N1CCC(C(=O)N2CCOCC2)CC1. The third-order valence-electron chi connectivity index (χ3n) is 6.24. The summed E-state index contributed by atoms with van der Waals surface area (Å²) >= 11 is 0. The summed E-state index contributed by atoms with van der Waals surface area (Å²) in [5.41, 5.74) is 3.70. The number of nitrogens with one attached hydrogen (secondary N) is 1. The molecule has 7 heteroatoms. The number of rotatable bonds is 4. The van der Waals surface area contributed by atoms with E-state index < -0.39 is 0 Å². The number of aromatic nitrogens is 2. The molecule has 2 amide bonds. The van der Waals surface area contributed by atoms with Gasteiger partial charge in [0, 0.05) is 50.6 Å².